The smallest absolute Gasteiger partial charge is 0.222 e. The van der Waals surface area contributed by atoms with Gasteiger partial charge in [-0.05, 0) is 38.8 Å². The molecule has 2 unspecified atom stereocenters. The van der Waals surface area contributed by atoms with Gasteiger partial charge in [0.25, 0.3) is 0 Å². The number of hydrogen-bond donors (Lipinski definition) is 1. The molecule has 4 nitrogen and oxygen atoms in total. The molecule has 1 fully saturated rings. The van der Waals surface area contributed by atoms with Gasteiger partial charge < -0.3 is 10.2 Å². The first-order valence-corrected chi connectivity index (χ1v) is 5.98. The summed E-state index contributed by atoms with van der Waals surface area (Å²) in [6.45, 7) is 3.94. The van der Waals surface area contributed by atoms with Crippen LogP contribution in [0.5, 0.6) is 0 Å². The van der Waals surface area contributed by atoms with Gasteiger partial charge in [0.15, 0.2) is 0 Å². The van der Waals surface area contributed by atoms with Gasteiger partial charge in [-0.15, -0.1) is 0 Å². The quantitative estimate of drug-likeness (QED) is 0.777. The second kappa shape index (κ2) is 6.49. The van der Waals surface area contributed by atoms with E-state index < -0.39 is 0 Å². The van der Waals surface area contributed by atoms with Gasteiger partial charge in [0, 0.05) is 19.5 Å². The van der Waals surface area contributed by atoms with Crippen LogP contribution in [0.1, 0.15) is 32.6 Å². The summed E-state index contributed by atoms with van der Waals surface area (Å²) in [4.78, 5) is 13.6. The van der Waals surface area contributed by atoms with Crippen molar-refractivity contribution in [3.05, 3.63) is 0 Å². The Morgan fingerprint density at radius 1 is 1.69 bits per heavy atom. The molecule has 0 saturated carbocycles. The van der Waals surface area contributed by atoms with Gasteiger partial charge in [0.2, 0.25) is 5.91 Å². The van der Waals surface area contributed by atoms with E-state index in [0.29, 0.717) is 18.8 Å². The van der Waals surface area contributed by atoms with Gasteiger partial charge in [-0.25, -0.2) is 0 Å². The van der Waals surface area contributed by atoms with Crippen molar-refractivity contribution in [1.82, 2.24) is 10.2 Å². The van der Waals surface area contributed by atoms with Crippen molar-refractivity contribution in [3.63, 3.8) is 0 Å². The van der Waals surface area contributed by atoms with Crippen LogP contribution < -0.4 is 5.32 Å². The molecule has 1 amide bonds. The van der Waals surface area contributed by atoms with E-state index in [-0.39, 0.29) is 11.9 Å². The number of hydrogen-bond acceptors (Lipinski definition) is 3. The molecular weight excluding hydrogens is 202 g/mol. The zero-order valence-electron chi connectivity index (χ0n) is 10.2. The summed E-state index contributed by atoms with van der Waals surface area (Å²) in [5.74, 6) is 0.634. The molecule has 0 aromatic heterocycles. The lowest BCUT2D eigenvalue weighted by Gasteiger charge is -2.27. The highest BCUT2D eigenvalue weighted by molar-refractivity contribution is 5.76. The highest BCUT2D eigenvalue weighted by Crippen LogP contribution is 2.16. The molecule has 0 radical (unpaired) electrons. The van der Waals surface area contributed by atoms with Crippen LogP contribution in [0.4, 0.5) is 0 Å². The van der Waals surface area contributed by atoms with Gasteiger partial charge in [0.05, 0.1) is 12.5 Å². The minimum atomic E-state index is 0.0223. The van der Waals surface area contributed by atoms with E-state index in [1.54, 1.807) is 11.9 Å². The summed E-state index contributed by atoms with van der Waals surface area (Å²) in [6, 6.07) is 2.12. The minimum Gasteiger partial charge on any atom is -0.342 e. The summed E-state index contributed by atoms with van der Waals surface area (Å²) in [6.07, 6.45) is 3.32. The first-order chi connectivity index (χ1) is 7.65. The number of carbonyl (C=O) groups is 1. The van der Waals surface area contributed by atoms with Gasteiger partial charge in [-0.1, -0.05) is 0 Å². The number of piperidine rings is 1. The predicted octanol–water partition coefficient (Wildman–Crippen LogP) is 1.14. The summed E-state index contributed by atoms with van der Waals surface area (Å²) < 4.78 is 0. The second-order valence-corrected chi connectivity index (χ2v) is 4.63. The van der Waals surface area contributed by atoms with E-state index in [1.807, 2.05) is 6.92 Å². The Morgan fingerprint density at radius 3 is 3.00 bits per heavy atom. The fourth-order valence-electron chi connectivity index (χ4n) is 2.00. The van der Waals surface area contributed by atoms with Crippen LogP contribution >= 0.6 is 0 Å². The van der Waals surface area contributed by atoms with Crippen LogP contribution in [0.2, 0.25) is 0 Å². The second-order valence-electron chi connectivity index (χ2n) is 4.63. The van der Waals surface area contributed by atoms with Gasteiger partial charge in [-0.3, -0.25) is 4.79 Å². The lowest BCUT2D eigenvalue weighted by atomic mass is 9.95. The Kier molecular flexibility index (Phi) is 5.27. The molecule has 1 rings (SSSR count). The molecule has 0 bridgehead atoms. The fraction of sp³-hybridized carbons (Fsp3) is 0.833. The third-order valence-electron chi connectivity index (χ3n) is 3.30. The van der Waals surface area contributed by atoms with Crippen molar-refractivity contribution >= 4 is 5.91 Å². The zero-order chi connectivity index (χ0) is 12.0. The van der Waals surface area contributed by atoms with Crippen molar-refractivity contribution < 1.29 is 4.79 Å². The monoisotopic (exact) mass is 223 g/mol. The number of nitrogens with zero attached hydrogens (tertiary/aromatic N) is 2. The molecule has 1 saturated heterocycles. The summed E-state index contributed by atoms with van der Waals surface area (Å²) >= 11 is 0. The molecule has 1 N–H and O–H groups in total. The Balaban J connectivity index is 2.35. The molecular formula is C12H21N3O. The largest absolute Gasteiger partial charge is 0.342 e. The zero-order valence-corrected chi connectivity index (χ0v) is 10.2. The van der Waals surface area contributed by atoms with E-state index in [9.17, 15) is 4.79 Å². The van der Waals surface area contributed by atoms with Crippen LogP contribution in [-0.2, 0) is 4.79 Å². The van der Waals surface area contributed by atoms with Crippen molar-refractivity contribution in [3.8, 4) is 6.07 Å². The molecule has 0 aliphatic carbocycles. The highest BCUT2D eigenvalue weighted by atomic mass is 16.2. The summed E-state index contributed by atoms with van der Waals surface area (Å²) in [7, 11) is 1.79. The lowest BCUT2D eigenvalue weighted by molar-refractivity contribution is -0.132. The molecule has 1 aliphatic heterocycles. The van der Waals surface area contributed by atoms with Crippen molar-refractivity contribution in [2.24, 2.45) is 5.92 Å². The van der Waals surface area contributed by atoms with Crippen molar-refractivity contribution in [2.45, 2.75) is 38.6 Å². The van der Waals surface area contributed by atoms with E-state index in [0.717, 1.165) is 25.9 Å². The molecule has 0 aromatic carbocycles. The van der Waals surface area contributed by atoms with Crippen molar-refractivity contribution in [1.29, 1.82) is 5.26 Å². The SMILES string of the molecule is CC(CC#N)N(C)C(=O)CC1CCCNC1. The highest BCUT2D eigenvalue weighted by Gasteiger charge is 2.21. The summed E-state index contributed by atoms with van der Waals surface area (Å²) in [5, 5.41) is 11.9. The number of carbonyl (C=O) groups excluding carboxylic acids is 1. The first kappa shape index (κ1) is 13.0. The molecule has 1 aliphatic rings. The van der Waals surface area contributed by atoms with E-state index in [4.69, 9.17) is 5.26 Å². The predicted molar refractivity (Wildman–Crippen MR) is 62.7 cm³/mol. The summed E-state index contributed by atoms with van der Waals surface area (Å²) in [5.41, 5.74) is 0. The van der Waals surface area contributed by atoms with Crippen LogP contribution in [0.25, 0.3) is 0 Å². The Labute approximate surface area is 97.6 Å². The topological polar surface area (TPSA) is 56.1 Å². The average Bonchev–Trinajstić information content (AvgIpc) is 2.29. The van der Waals surface area contributed by atoms with Crippen LogP contribution in [-0.4, -0.2) is 37.0 Å². The molecule has 16 heavy (non-hydrogen) atoms. The number of amides is 1. The van der Waals surface area contributed by atoms with E-state index >= 15 is 0 Å². The van der Waals surface area contributed by atoms with Crippen molar-refractivity contribution in [2.75, 3.05) is 20.1 Å². The number of rotatable bonds is 4. The number of nitrogens with one attached hydrogen (secondary N) is 1. The third-order valence-corrected chi connectivity index (χ3v) is 3.30. The molecule has 0 spiro atoms. The maximum atomic E-state index is 11.9. The van der Waals surface area contributed by atoms with Crippen LogP contribution in [0.15, 0.2) is 0 Å². The van der Waals surface area contributed by atoms with Crippen LogP contribution in [0, 0.1) is 17.2 Å². The Morgan fingerprint density at radius 2 is 2.44 bits per heavy atom. The average molecular weight is 223 g/mol. The normalized spacial score (nSPS) is 22.2. The molecule has 90 valence electrons. The first-order valence-electron chi connectivity index (χ1n) is 5.98. The van der Waals surface area contributed by atoms with Gasteiger partial charge in [0.1, 0.15) is 0 Å². The molecule has 0 aromatic rings. The molecule has 4 heteroatoms. The van der Waals surface area contributed by atoms with E-state index in [2.05, 4.69) is 11.4 Å². The lowest BCUT2D eigenvalue weighted by Crippen LogP contribution is -2.38. The Bertz CT molecular complexity index is 266. The molecule has 1 heterocycles. The maximum absolute atomic E-state index is 11.9. The van der Waals surface area contributed by atoms with Gasteiger partial charge in [-0.2, -0.15) is 5.26 Å². The van der Waals surface area contributed by atoms with Crippen LogP contribution in [0.3, 0.4) is 0 Å². The minimum absolute atomic E-state index is 0.0223. The van der Waals surface area contributed by atoms with E-state index in [1.165, 1.54) is 0 Å². The fourth-order valence-corrected chi connectivity index (χ4v) is 2.00. The number of nitriles is 1. The standard InChI is InChI=1S/C12H21N3O/c1-10(5-6-13)15(2)12(16)8-11-4-3-7-14-9-11/h10-11,14H,3-5,7-9H2,1-2H3. The van der Waals surface area contributed by atoms with Gasteiger partial charge >= 0.3 is 0 Å². The Hall–Kier alpha value is -1.08. The maximum Gasteiger partial charge on any atom is 0.222 e. The molecule has 2 atom stereocenters. The third kappa shape index (κ3) is 3.82.